The number of fused-ring (bicyclic) bond motifs is 1. The second-order valence-corrected chi connectivity index (χ2v) is 7.72. The highest BCUT2D eigenvalue weighted by Crippen LogP contribution is 2.20. The van der Waals surface area contributed by atoms with E-state index in [0.29, 0.717) is 10.6 Å². The Kier molecular flexibility index (Phi) is 6.04. The van der Waals surface area contributed by atoms with Crippen LogP contribution in [0.2, 0.25) is 0 Å². The molecule has 0 saturated carbocycles. The second-order valence-electron chi connectivity index (χ2n) is 6.71. The minimum atomic E-state index is -0.541. The lowest BCUT2D eigenvalue weighted by Crippen LogP contribution is -2.23. The van der Waals surface area contributed by atoms with Crippen molar-refractivity contribution in [2.24, 2.45) is 4.99 Å². The van der Waals surface area contributed by atoms with E-state index in [9.17, 15) is 14.0 Å². The molecule has 146 valence electrons. The van der Waals surface area contributed by atoms with Gasteiger partial charge in [0, 0.05) is 0 Å². The molecule has 0 saturated heterocycles. The molecular weight excluding hydrogens is 379 g/mol. The second kappa shape index (κ2) is 8.48. The molecule has 0 fully saturated rings. The van der Waals surface area contributed by atoms with Gasteiger partial charge < -0.3 is 9.30 Å². The summed E-state index contributed by atoms with van der Waals surface area (Å²) in [6, 6.07) is 12.4. The third kappa shape index (κ3) is 4.36. The quantitative estimate of drug-likeness (QED) is 0.612. The van der Waals surface area contributed by atoms with Gasteiger partial charge in [-0.25, -0.2) is 4.39 Å². The minimum Gasteiger partial charge on any atom is -0.468 e. The van der Waals surface area contributed by atoms with Crippen molar-refractivity contribution in [2.45, 2.75) is 32.7 Å². The molecule has 28 heavy (non-hydrogen) atoms. The van der Waals surface area contributed by atoms with Gasteiger partial charge in [0.15, 0.2) is 4.80 Å². The Morgan fingerprint density at radius 3 is 2.54 bits per heavy atom. The van der Waals surface area contributed by atoms with Gasteiger partial charge >= 0.3 is 5.97 Å². The van der Waals surface area contributed by atoms with E-state index < -0.39 is 11.8 Å². The van der Waals surface area contributed by atoms with Crippen molar-refractivity contribution in [2.75, 3.05) is 7.11 Å². The smallest absolute Gasteiger partial charge is 0.325 e. The number of carbonyl (C=O) groups excluding carboxylic acids is 2. The summed E-state index contributed by atoms with van der Waals surface area (Å²) in [7, 11) is 1.26. The molecule has 1 aromatic heterocycles. The number of methoxy groups -OCH3 is 1. The summed E-state index contributed by atoms with van der Waals surface area (Å²) >= 11 is 1.16. The standard InChI is InChI=1S/C21H21FN2O3S/c1-13(2)15-9-7-14(8-10-15)11-18(25)23-21-24(12-19(26)27-3)20-16(22)5-4-6-17(20)28-21/h4-10,13H,11-12H2,1-3H3. The molecule has 1 amide bonds. The van der Waals surface area contributed by atoms with Crippen LogP contribution in [0.3, 0.4) is 0 Å². The number of nitrogens with zero attached hydrogens (tertiary/aromatic N) is 2. The third-order valence-electron chi connectivity index (χ3n) is 4.39. The molecular formula is C21H21FN2O3S. The number of hydrogen-bond acceptors (Lipinski definition) is 4. The Bertz CT molecular complexity index is 1080. The van der Waals surface area contributed by atoms with Gasteiger partial charge in [-0.05, 0) is 29.2 Å². The first-order valence-electron chi connectivity index (χ1n) is 8.90. The van der Waals surface area contributed by atoms with Crippen molar-refractivity contribution in [3.63, 3.8) is 0 Å². The Hall–Kier alpha value is -2.80. The van der Waals surface area contributed by atoms with E-state index >= 15 is 0 Å². The monoisotopic (exact) mass is 400 g/mol. The number of benzene rings is 2. The van der Waals surface area contributed by atoms with Gasteiger partial charge in [0.25, 0.3) is 5.91 Å². The number of esters is 1. The van der Waals surface area contributed by atoms with Gasteiger partial charge in [-0.2, -0.15) is 4.99 Å². The largest absolute Gasteiger partial charge is 0.468 e. The molecule has 0 aliphatic heterocycles. The first kappa shape index (κ1) is 19.9. The average Bonchev–Trinajstić information content (AvgIpc) is 3.00. The topological polar surface area (TPSA) is 60.7 Å². The fourth-order valence-corrected chi connectivity index (χ4v) is 3.91. The predicted octanol–water partition coefficient (Wildman–Crippen LogP) is 3.81. The van der Waals surface area contributed by atoms with Crippen LogP contribution in [0.15, 0.2) is 47.5 Å². The lowest BCUT2D eigenvalue weighted by Gasteiger charge is -2.06. The van der Waals surface area contributed by atoms with Crippen molar-refractivity contribution in [1.82, 2.24) is 4.57 Å². The van der Waals surface area contributed by atoms with Crippen molar-refractivity contribution >= 4 is 33.4 Å². The first-order chi connectivity index (χ1) is 13.4. The molecule has 0 unspecified atom stereocenters. The Balaban J connectivity index is 1.95. The van der Waals surface area contributed by atoms with Crippen LogP contribution in [-0.4, -0.2) is 23.6 Å². The van der Waals surface area contributed by atoms with Gasteiger partial charge in [-0.1, -0.05) is 55.5 Å². The summed E-state index contributed by atoms with van der Waals surface area (Å²) in [6.45, 7) is 4.00. The highest BCUT2D eigenvalue weighted by molar-refractivity contribution is 7.16. The van der Waals surface area contributed by atoms with E-state index in [-0.39, 0.29) is 29.2 Å². The highest BCUT2D eigenvalue weighted by atomic mass is 32.1. The number of para-hydroxylation sites is 1. The van der Waals surface area contributed by atoms with Gasteiger partial charge in [-0.3, -0.25) is 9.59 Å². The number of thiazole rings is 1. The average molecular weight is 400 g/mol. The van der Waals surface area contributed by atoms with E-state index in [0.717, 1.165) is 16.9 Å². The number of carbonyl (C=O) groups is 2. The highest BCUT2D eigenvalue weighted by Gasteiger charge is 2.15. The zero-order valence-corrected chi connectivity index (χ0v) is 16.8. The van der Waals surface area contributed by atoms with Crippen LogP contribution in [0.1, 0.15) is 30.9 Å². The van der Waals surface area contributed by atoms with Crippen molar-refractivity contribution in [3.8, 4) is 0 Å². The summed E-state index contributed by atoms with van der Waals surface area (Å²) in [4.78, 5) is 28.7. The molecule has 1 heterocycles. The van der Waals surface area contributed by atoms with Gasteiger partial charge in [0.2, 0.25) is 0 Å². The van der Waals surface area contributed by atoms with Crippen LogP contribution in [0.5, 0.6) is 0 Å². The molecule has 0 aliphatic carbocycles. The maximum atomic E-state index is 14.3. The number of aromatic nitrogens is 1. The molecule has 0 N–H and O–H groups in total. The Morgan fingerprint density at radius 2 is 1.89 bits per heavy atom. The SMILES string of the molecule is COC(=O)Cn1c(=NC(=O)Cc2ccc(C(C)C)cc2)sc2cccc(F)c21. The Morgan fingerprint density at radius 1 is 1.18 bits per heavy atom. The Labute approximate surface area is 166 Å². The summed E-state index contributed by atoms with van der Waals surface area (Å²) in [5, 5.41) is 0. The predicted molar refractivity (Wildman–Crippen MR) is 107 cm³/mol. The maximum Gasteiger partial charge on any atom is 0.325 e. The van der Waals surface area contributed by atoms with E-state index in [2.05, 4.69) is 18.8 Å². The summed E-state index contributed by atoms with van der Waals surface area (Å²) < 4.78 is 21.0. The van der Waals surface area contributed by atoms with E-state index in [4.69, 9.17) is 4.74 Å². The van der Waals surface area contributed by atoms with Crippen molar-refractivity contribution in [1.29, 1.82) is 0 Å². The molecule has 0 bridgehead atoms. The van der Waals surface area contributed by atoms with Crippen LogP contribution >= 0.6 is 11.3 Å². The van der Waals surface area contributed by atoms with Crippen LogP contribution in [-0.2, 0) is 27.3 Å². The molecule has 5 nitrogen and oxygen atoms in total. The summed E-state index contributed by atoms with van der Waals surface area (Å²) in [5.74, 6) is -0.958. The number of halogens is 1. The lowest BCUT2D eigenvalue weighted by molar-refractivity contribution is -0.141. The van der Waals surface area contributed by atoms with E-state index in [1.54, 1.807) is 12.1 Å². The normalized spacial score (nSPS) is 12.0. The lowest BCUT2D eigenvalue weighted by atomic mass is 10.0. The van der Waals surface area contributed by atoms with E-state index in [1.807, 2.05) is 24.3 Å². The third-order valence-corrected chi connectivity index (χ3v) is 5.43. The molecule has 2 aromatic carbocycles. The summed E-state index contributed by atoms with van der Waals surface area (Å²) in [6.07, 6.45) is 0.132. The molecule has 3 aromatic rings. The van der Waals surface area contributed by atoms with Crippen molar-refractivity contribution in [3.05, 3.63) is 64.2 Å². The van der Waals surface area contributed by atoms with Crippen LogP contribution in [0.25, 0.3) is 10.2 Å². The zero-order valence-electron chi connectivity index (χ0n) is 15.9. The minimum absolute atomic E-state index is 0.132. The number of rotatable bonds is 5. The molecule has 0 spiro atoms. The number of hydrogen-bond donors (Lipinski definition) is 0. The van der Waals surface area contributed by atoms with Crippen molar-refractivity contribution < 1.29 is 18.7 Å². The van der Waals surface area contributed by atoms with Gasteiger partial charge in [-0.15, -0.1) is 0 Å². The fraction of sp³-hybridized carbons (Fsp3) is 0.286. The van der Waals surface area contributed by atoms with Crippen LogP contribution in [0.4, 0.5) is 4.39 Å². The molecule has 0 aliphatic rings. The van der Waals surface area contributed by atoms with Gasteiger partial charge in [0.1, 0.15) is 12.4 Å². The van der Waals surface area contributed by atoms with Gasteiger partial charge in [0.05, 0.1) is 23.7 Å². The van der Waals surface area contributed by atoms with Crippen LogP contribution < -0.4 is 4.80 Å². The molecule has 7 heteroatoms. The first-order valence-corrected chi connectivity index (χ1v) is 9.71. The number of amides is 1. The molecule has 3 rings (SSSR count). The summed E-state index contributed by atoms with van der Waals surface area (Å²) in [5.41, 5.74) is 2.29. The molecule has 0 radical (unpaired) electrons. The fourth-order valence-electron chi connectivity index (χ4n) is 2.85. The maximum absolute atomic E-state index is 14.3. The van der Waals surface area contributed by atoms with E-state index in [1.165, 1.54) is 23.3 Å². The van der Waals surface area contributed by atoms with Crippen LogP contribution in [0, 0.1) is 5.82 Å². The zero-order chi connectivity index (χ0) is 20.3. The molecule has 0 atom stereocenters. The number of ether oxygens (including phenoxy) is 1.